The quantitative estimate of drug-likeness (QED) is 0.797. The van der Waals surface area contributed by atoms with Gasteiger partial charge < -0.3 is 14.5 Å². The van der Waals surface area contributed by atoms with Crippen molar-refractivity contribution >= 4 is 0 Å². The molecule has 1 aromatic heterocycles. The van der Waals surface area contributed by atoms with E-state index in [0.29, 0.717) is 5.92 Å². The Morgan fingerprint density at radius 3 is 3.29 bits per heavy atom. The third kappa shape index (κ3) is 2.36. The summed E-state index contributed by atoms with van der Waals surface area (Å²) in [6.45, 7) is 5.07. The molecular weight excluding hydrogens is 178 g/mol. The highest BCUT2D eigenvalue weighted by atomic mass is 16.5. The molecule has 1 aliphatic heterocycles. The maximum absolute atomic E-state index is 5.74. The number of ether oxygens (including phenoxy) is 1. The van der Waals surface area contributed by atoms with Crippen LogP contribution >= 0.6 is 0 Å². The minimum Gasteiger partial charge on any atom is -0.467 e. The van der Waals surface area contributed by atoms with Gasteiger partial charge in [-0.1, -0.05) is 0 Å². The molecule has 2 heterocycles. The lowest BCUT2D eigenvalue weighted by Gasteiger charge is -2.13. The molecule has 3 heteroatoms. The molecule has 1 fully saturated rings. The van der Waals surface area contributed by atoms with Crippen LogP contribution in [0.15, 0.2) is 22.8 Å². The molecule has 14 heavy (non-hydrogen) atoms. The van der Waals surface area contributed by atoms with E-state index in [0.717, 1.165) is 25.5 Å². The molecule has 0 radical (unpaired) electrons. The lowest BCUT2D eigenvalue weighted by molar-refractivity contribution is 0.0306. The van der Waals surface area contributed by atoms with Crippen molar-refractivity contribution in [2.45, 2.75) is 19.4 Å². The van der Waals surface area contributed by atoms with E-state index in [2.05, 4.69) is 5.32 Å². The summed E-state index contributed by atoms with van der Waals surface area (Å²) in [5, 5.41) is 3.33. The van der Waals surface area contributed by atoms with Crippen molar-refractivity contribution in [2.75, 3.05) is 19.7 Å². The summed E-state index contributed by atoms with van der Waals surface area (Å²) in [4.78, 5) is 0. The molecule has 2 atom stereocenters. The molecule has 1 aromatic rings. The zero-order valence-corrected chi connectivity index (χ0v) is 8.53. The summed E-state index contributed by atoms with van der Waals surface area (Å²) in [6, 6.07) is 3.85. The number of rotatable bonds is 4. The second-order valence-electron chi connectivity index (χ2n) is 3.85. The van der Waals surface area contributed by atoms with Gasteiger partial charge in [0.15, 0.2) is 0 Å². The van der Waals surface area contributed by atoms with E-state index in [4.69, 9.17) is 9.15 Å². The van der Waals surface area contributed by atoms with Crippen LogP contribution in [0.3, 0.4) is 0 Å². The Morgan fingerprint density at radius 2 is 2.64 bits per heavy atom. The first-order valence-corrected chi connectivity index (χ1v) is 5.22. The van der Waals surface area contributed by atoms with Crippen molar-refractivity contribution < 1.29 is 9.15 Å². The van der Waals surface area contributed by atoms with Gasteiger partial charge in [0.25, 0.3) is 0 Å². The molecule has 78 valence electrons. The Kier molecular flexibility index (Phi) is 3.22. The zero-order valence-electron chi connectivity index (χ0n) is 8.53. The van der Waals surface area contributed by atoms with Gasteiger partial charge in [0.1, 0.15) is 11.9 Å². The average molecular weight is 195 g/mol. The molecular formula is C11H17NO2. The Labute approximate surface area is 84.4 Å². The van der Waals surface area contributed by atoms with Crippen molar-refractivity contribution in [3.63, 3.8) is 0 Å². The number of hydrogen-bond acceptors (Lipinski definition) is 3. The SMILES string of the molecule is C[C@@H](OC[C@H]1CCNC1)c1ccco1. The molecule has 0 saturated carbocycles. The van der Waals surface area contributed by atoms with E-state index in [-0.39, 0.29) is 6.10 Å². The van der Waals surface area contributed by atoms with E-state index in [1.807, 2.05) is 19.1 Å². The topological polar surface area (TPSA) is 34.4 Å². The first kappa shape index (κ1) is 9.74. The number of nitrogens with one attached hydrogen (secondary N) is 1. The van der Waals surface area contributed by atoms with Gasteiger partial charge in [-0.05, 0) is 37.9 Å². The predicted octanol–water partition coefficient (Wildman–Crippen LogP) is 1.97. The lowest BCUT2D eigenvalue weighted by atomic mass is 10.1. The normalized spacial score (nSPS) is 23.9. The molecule has 2 rings (SSSR count). The van der Waals surface area contributed by atoms with E-state index < -0.39 is 0 Å². The van der Waals surface area contributed by atoms with E-state index >= 15 is 0 Å². The summed E-state index contributed by atoms with van der Waals surface area (Å²) in [7, 11) is 0. The molecule has 0 bridgehead atoms. The molecule has 0 aliphatic carbocycles. The largest absolute Gasteiger partial charge is 0.467 e. The molecule has 0 unspecified atom stereocenters. The summed E-state index contributed by atoms with van der Waals surface area (Å²) in [5.74, 6) is 1.59. The van der Waals surface area contributed by atoms with Crippen molar-refractivity contribution in [3.05, 3.63) is 24.2 Å². The fourth-order valence-electron chi connectivity index (χ4n) is 1.74. The summed E-state index contributed by atoms with van der Waals surface area (Å²) in [5.41, 5.74) is 0. The second-order valence-corrected chi connectivity index (χ2v) is 3.85. The predicted molar refractivity (Wildman–Crippen MR) is 54.1 cm³/mol. The van der Waals surface area contributed by atoms with Crippen LogP contribution < -0.4 is 5.32 Å². The third-order valence-electron chi connectivity index (χ3n) is 2.69. The van der Waals surface area contributed by atoms with Crippen LogP contribution in [0, 0.1) is 5.92 Å². The molecule has 1 N–H and O–H groups in total. The van der Waals surface area contributed by atoms with Gasteiger partial charge in [0.05, 0.1) is 12.9 Å². The highest BCUT2D eigenvalue weighted by Gasteiger charge is 2.17. The van der Waals surface area contributed by atoms with Gasteiger partial charge in [0, 0.05) is 6.54 Å². The lowest BCUT2D eigenvalue weighted by Crippen LogP contribution is -2.14. The Morgan fingerprint density at radius 1 is 1.71 bits per heavy atom. The van der Waals surface area contributed by atoms with Crippen LogP contribution in [0.2, 0.25) is 0 Å². The van der Waals surface area contributed by atoms with Gasteiger partial charge in [-0.25, -0.2) is 0 Å². The fraction of sp³-hybridized carbons (Fsp3) is 0.636. The maximum Gasteiger partial charge on any atom is 0.132 e. The first-order chi connectivity index (χ1) is 6.86. The van der Waals surface area contributed by atoms with Crippen LogP contribution in [0.1, 0.15) is 25.2 Å². The molecule has 3 nitrogen and oxygen atoms in total. The van der Waals surface area contributed by atoms with Crippen molar-refractivity contribution in [1.29, 1.82) is 0 Å². The molecule has 0 aromatic carbocycles. The molecule has 1 saturated heterocycles. The Hall–Kier alpha value is -0.800. The Balaban J connectivity index is 1.74. The van der Waals surface area contributed by atoms with Crippen LogP contribution in [0.4, 0.5) is 0 Å². The zero-order chi connectivity index (χ0) is 9.80. The monoisotopic (exact) mass is 195 g/mol. The molecule has 1 aliphatic rings. The van der Waals surface area contributed by atoms with E-state index in [1.54, 1.807) is 6.26 Å². The van der Waals surface area contributed by atoms with Crippen molar-refractivity contribution in [2.24, 2.45) is 5.92 Å². The third-order valence-corrected chi connectivity index (χ3v) is 2.69. The van der Waals surface area contributed by atoms with Crippen LogP contribution in [0.25, 0.3) is 0 Å². The summed E-state index contributed by atoms with van der Waals surface area (Å²) < 4.78 is 11.0. The van der Waals surface area contributed by atoms with Gasteiger partial charge in [-0.2, -0.15) is 0 Å². The van der Waals surface area contributed by atoms with E-state index in [1.165, 1.54) is 6.42 Å². The molecule has 0 amide bonds. The fourth-order valence-corrected chi connectivity index (χ4v) is 1.74. The van der Waals surface area contributed by atoms with Crippen LogP contribution in [-0.4, -0.2) is 19.7 Å². The Bertz CT molecular complexity index is 252. The summed E-state index contributed by atoms with van der Waals surface area (Å²) in [6.07, 6.45) is 2.99. The summed E-state index contributed by atoms with van der Waals surface area (Å²) >= 11 is 0. The van der Waals surface area contributed by atoms with Gasteiger partial charge >= 0.3 is 0 Å². The van der Waals surface area contributed by atoms with Gasteiger partial charge in [-0.3, -0.25) is 0 Å². The highest BCUT2D eigenvalue weighted by molar-refractivity contribution is 5.00. The second kappa shape index (κ2) is 4.62. The van der Waals surface area contributed by atoms with Crippen LogP contribution in [0.5, 0.6) is 0 Å². The minimum absolute atomic E-state index is 0.0746. The van der Waals surface area contributed by atoms with Gasteiger partial charge in [0.2, 0.25) is 0 Å². The minimum atomic E-state index is 0.0746. The van der Waals surface area contributed by atoms with Crippen molar-refractivity contribution in [3.8, 4) is 0 Å². The highest BCUT2D eigenvalue weighted by Crippen LogP contribution is 2.19. The molecule has 0 spiro atoms. The average Bonchev–Trinajstić information content (AvgIpc) is 2.87. The van der Waals surface area contributed by atoms with Crippen molar-refractivity contribution in [1.82, 2.24) is 5.32 Å². The number of hydrogen-bond donors (Lipinski definition) is 1. The maximum atomic E-state index is 5.74. The standard InChI is InChI=1S/C11H17NO2/c1-9(11-3-2-6-13-11)14-8-10-4-5-12-7-10/h2-3,6,9-10,12H,4-5,7-8H2,1H3/t9-,10+/m1/s1. The van der Waals surface area contributed by atoms with Gasteiger partial charge in [-0.15, -0.1) is 0 Å². The smallest absolute Gasteiger partial charge is 0.132 e. The van der Waals surface area contributed by atoms with Crippen LogP contribution in [-0.2, 0) is 4.74 Å². The van der Waals surface area contributed by atoms with E-state index in [9.17, 15) is 0 Å². The first-order valence-electron chi connectivity index (χ1n) is 5.22. The number of furan rings is 1.